The van der Waals surface area contributed by atoms with Crippen LogP contribution in [0, 0.1) is 0 Å². The van der Waals surface area contributed by atoms with Gasteiger partial charge in [0.15, 0.2) is 0 Å². The van der Waals surface area contributed by atoms with Crippen LogP contribution in [0.3, 0.4) is 0 Å². The zero-order valence-corrected chi connectivity index (χ0v) is 9.98. The van der Waals surface area contributed by atoms with Crippen molar-refractivity contribution in [1.29, 1.82) is 0 Å². The Morgan fingerprint density at radius 1 is 1.40 bits per heavy atom. The van der Waals surface area contributed by atoms with Crippen LogP contribution in [0.25, 0.3) is 0 Å². The maximum Gasteiger partial charge on any atom is 0.0835 e. The van der Waals surface area contributed by atoms with E-state index in [0.717, 1.165) is 4.88 Å². The summed E-state index contributed by atoms with van der Waals surface area (Å²) in [5.41, 5.74) is 6.69. The van der Waals surface area contributed by atoms with Gasteiger partial charge in [-0.2, -0.15) is 0 Å². The first-order chi connectivity index (χ1) is 7.18. The largest absolute Gasteiger partial charge is 0.318 e. The standard InChI is InChI=1S/C10H8Cl2N2S/c11-6-4-7(12)10(14-5-6)9(13)8-2-1-3-15-8/h1-5,9H,13H2. The van der Waals surface area contributed by atoms with Crippen LogP contribution in [-0.2, 0) is 0 Å². The van der Waals surface area contributed by atoms with Crippen molar-refractivity contribution in [3.05, 3.63) is 50.4 Å². The van der Waals surface area contributed by atoms with Gasteiger partial charge in [-0.15, -0.1) is 11.3 Å². The molecule has 2 rings (SSSR count). The van der Waals surface area contributed by atoms with Gasteiger partial charge in [-0.05, 0) is 17.5 Å². The summed E-state index contributed by atoms with van der Waals surface area (Å²) in [5, 5.41) is 2.99. The highest BCUT2D eigenvalue weighted by Crippen LogP contribution is 2.28. The molecule has 0 saturated carbocycles. The van der Waals surface area contributed by atoms with Crippen LogP contribution in [0.2, 0.25) is 10.0 Å². The minimum Gasteiger partial charge on any atom is -0.318 e. The lowest BCUT2D eigenvalue weighted by molar-refractivity contribution is 0.847. The Morgan fingerprint density at radius 2 is 2.20 bits per heavy atom. The number of nitrogens with zero attached hydrogens (tertiary/aromatic N) is 1. The number of aromatic nitrogens is 1. The van der Waals surface area contributed by atoms with Gasteiger partial charge < -0.3 is 5.73 Å². The molecule has 0 aliphatic rings. The van der Waals surface area contributed by atoms with Crippen LogP contribution in [0.15, 0.2) is 29.8 Å². The van der Waals surface area contributed by atoms with Crippen molar-refractivity contribution in [1.82, 2.24) is 4.98 Å². The zero-order chi connectivity index (χ0) is 10.8. The van der Waals surface area contributed by atoms with Crippen molar-refractivity contribution in [2.75, 3.05) is 0 Å². The second-order valence-electron chi connectivity index (χ2n) is 3.01. The Morgan fingerprint density at radius 3 is 2.80 bits per heavy atom. The molecule has 15 heavy (non-hydrogen) atoms. The predicted octanol–water partition coefficient (Wildman–Crippen LogP) is 3.50. The molecule has 2 aromatic rings. The van der Waals surface area contributed by atoms with Gasteiger partial charge in [-0.3, -0.25) is 4.98 Å². The van der Waals surface area contributed by atoms with Gasteiger partial charge in [0.25, 0.3) is 0 Å². The fourth-order valence-corrected chi connectivity index (χ4v) is 2.48. The molecule has 5 heteroatoms. The Labute approximate surface area is 102 Å². The summed E-state index contributed by atoms with van der Waals surface area (Å²) in [6, 6.07) is 5.28. The fraction of sp³-hybridized carbons (Fsp3) is 0.100. The first kappa shape index (κ1) is 10.9. The lowest BCUT2D eigenvalue weighted by Gasteiger charge is -2.10. The molecule has 0 saturated heterocycles. The van der Waals surface area contributed by atoms with Crippen LogP contribution in [0.1, 0.15) is 16.6 Å². The van der Waals surface area contributed by atoms with Crippen molar-refractivity contribution in [2.24, 2.45) is 5.73 Å². The molecule has 0 aliphatic carbocycles. The van der Waals surface area contributed by atoms with Gasteiger partial charge in [0.2, 0.25) is 0 Å². The average Bonchev–Trinajstić information content (AvgIpc) is 2.69. The molecule has 1 unspecified atom stereocenters. The Bertz CT molecular complexity index is 456. The van der Waals surface area contributed by atoms with Crippen molar-refractivity contribution >= 4 is 34.5 Å². The molecule has 0 fully saturated rings. The summed E-state index contributed by atoms with van der Waals surface area (Å²) in [6.45, 7) is 0. The fourth-order valence-electron chi connectivity index (χ4n) is 1.26. The highest BCUT2D eigenvalue weighted by Gasteiger charge is 2.14. The van der Waals surface area contributed by atoms with E-state index in [4.69, 9.17) is 28.9 Å². The predicted molar refractivity (Wildman–Crippen MR) is 64.6 cm³/mol. The number of rotatable bonds is 2. The van der Waals surface area contributed by atoms with Gasteiger partial charge >= 0.3 is 0 Å². The maximum atomic E-state index is 6.03. The summed E-state index contributed by atoms with van der Waals surface area (Å²) in [7, 11) is 0. The maximum absolute atomic E-state index is 6.03. The second kappa shape index (κ2) is 4.49. The van der Waals surface area contributed by atoms with Gasteiger partial charge in [0.05, 0.1) is 21.8 Å². The molecule has 78 valence electrons. The summed E-state index contributed by atoms with van der Waals surface area (Å²) < 4.78 is 0. The number of hydrogen-bond donors (Lipinski definition) is 1. The van der Waals surface area contributed by atoms with E-state index in [1.165, 1.54) is 0 Å². The molecule has 2 heterocycles. The van der Waals surface area contributed by atoms with E-state index in [9.17, 15) is 0 Å². The van der Waals surface area contributed by atoms with Crippen LogP contribution in [0.5, 0.6) is 0 Å². The van der Waals surface area contributed by atoms with Crippen molar-refractivity contribution in [3.63, 3.8) is 0 Å². The molecule has 1 atom stereocenters. The van der Waals surface area contributed by atoms with Crippen molar-refractivity contribution in [3.8, 4) is 0 Å². The molecule has 0 amide bonds. The lowest BCUT2D eigenvalue weighted by Crippen LogP contribution is -2.12. The number of halogens is 2. The molecule has 2 nitrogen and oxygen atoms in total. The van der Waals surface area contributed by atoms with E-state index in [2.05, 4.69) is 4.98 Å². The SMILES string of the molecule is NC(c1cccs1)c1ncc(Cl)cc1Cl. The number of hydrogen-bond acceptors (Lipinski definition) is 3. The van der Waals surface area contributed by atoms with E-state index in [-0.39, 0.29) is 6.04 Å². The van der Waals surface area contributed by atoms with E-state index in [1.54, 1.807) is 23.6 Å². The van der Waals surface area contributed by atoms with Gasteiger partial charge in [0, 0.05) is 11.1 Å². The summed E-state index contributed by atoms with van der Waals surface area (Å²) in [5.74, 6) is 0. The highest BCUT2D eigenvalue weighted by molar-refractivity contribution is 7.10. The molecule has 0 aliphatic heterocycles. The van der Waals surface area contributed by atoms with E-state index >= 15 is 0 Å². The molecule has 0 bridgehead atoms. The first-order valence-electron chi connectivity index (χ1n) is 4.28. The molecule has 2 N–H and O–H groups in total. The molecule has 0 radical (unpaired) electrons. The van der Waals surface area contributed by atoms with Gasteiger partial charge in [0.1, 0.15) is 0 Å². The molecular formula is C10H8Cl2N2S. The minimum atomic E-state index is -0.283. The van der Waals surface area contributed by atoms with E-state index in [0.29, 0.717) is 15.7 Å². The number of thiophene rings is 1. The van der Waals surface area contributed by atoms with Crippen LogP contribution in [-0.4, -0.2) is 4.98 Å². The quantitative estimate of drug-likeness (QED) is 0.896. The van der Waals surface area contributed by atoms with E-state index < -0.39 is 0 Å². The third kappa shape index (κ3) is 2.32. The highest BCUT2D eigenvalue weighted by atomic mass is 35.5. The minimum absolute atomic E-state index is 0.283. The van der Waals surface area contributed by atoms with Crippen LogP contribution >= 0.6 is 34.5 Å². The third-order valence-electron chi connectivity index (χ3n) is 1.98. The molecule has 0 aromatic carbocycles. The average molecular weight is 259 g/mol. The monoisotopic (exact) mass is 258 g/mol. The topological polar surface area (TPSA) is 38.9 Å². The van der Waals surface area contributed by atoms with Crippen LogP contribution in [0.4, 0.5) is 0 Å². The molecular weight excluding hydrogens is 251 g/mol. The molecule has 0 spiro atoms. The Balaban J connectivity index is 2.38. The summed E-state index contributed by atoms with van der Waals surface area (Å²) in [4.78, 5) is 5.19. The van der Waals surface area contributed by atoms with Crippen LogP contribution < -0.4 is 5.73 Å². The Hall–Kier alpha value is -0.610. The van der Waals surface area contributed by atoms with Gasteiger partial charge in [-0.25, -0.2) is 0 Å². The lowest BCUT2D eigenvalue weighted by atomic mass is 10.1. The van der Waals surface area contributed by atoms with Crippen molar-refractivity contribution < 1.29 is 0 Å². The second-order valence-corrected chi connectivity index (χ2v) is 4.84. The zero-order valence-electron chi connectivity index (χ0n) is 7.65. The Kier molecular flexibility index (Phi) is 3.26. The van der Waals surface area contributed by atoms with E-state index in [1.807, 2.05) is 17.5 Å². The summed E-state index contributed by atoms with van der Waals surface area (Å²) >= 11 is 13.4. The summed E-state index contributed by atoms with van der Waals surface area (Å²) in [6.07, 6.45) is 1.55. The van der Waals surface area contributed by atoms with Gasteiger partial charge in [-0.1, -0.05) is 29.3 Å². The molecule has 2 aromatic heterocycles. The first-order valence-corrected chi connectivity index (χ1v) is 5.92. The smallest absolute Gasteiger partial charge is 0.0835 e. The number of pyridine rings is 1. The third-order valence-corrected chi connectivity index (χ3v) is 3.45. The normalized spacial score (nSPS) is 12.7. The number of nitrogens with two attached hydrogens (primary N) is 1. The van der Waals surface area contributed by atoms with Crippen molar-refractivity contribution in [2.45, 2.75) is 6.04 Å².